The maximum absolute atomic E-state index is 9.75. The third-order valence-electron chi connectivity index (χ3n) is 9.75. The molecule has 290 valence electrons. The zero-order valence-corrected chi connectivity index (χ0v) is 33.5. The van der Waals surface area contributed by atoms with Gasteiger partial charge in [0, 0.05) is 68.5 Å². The van der Waals surface area contributed by atoms with Crippen LogP contribution in [0.4, 0.5) is 34.3 Å². The van der Waals surface area contributed by atoms with Crippen LogP contribution in [0.25, 0.3) is 11.1 Å². The lowest BCUT2D eigenvalue weighted by molar-refractivity contribution is -0.519. The van der Waals surface area contributed by atoms with Crippen molar-refractivity contribution in [1.29, 1.82) is 0 Å². The van der Waals surface area contributed by atoms with Crippen LogP contribution in [-0.4, -0.2) is 69.9 Å². The summed E-state index contributed by atoms with van der Waals surface area (Å²) in [5, 5.41) is 0. The Bertz CT molecular complexity index is 1690. The molecule has 0 unspecified atom stereocenters. The van der Waals surface area contributed by atoms with E-state index in [0.29, 0.717) is 0 Å². The first kappa shape index (κ1) is 43.6. The summed E-state index contributed by atoms with van der Waals surface area (Å²) in [5.74, 6) is 0. The fourth-order valence-electron chi connectivity index (χ4n) is 6.72. The van der Waals surface area contributed by atoms with Crippen molar-refractivity contribution >= 4 is 41.2 Å². The van der Waals surface area contributed by atoms with Crippen LogP contribution in [0, 0.1) is 0 Å². The third-order valence-corrected chi connectivity index (χ3v) is 9.75. The Morgan fingerprint density at radius 1 is 0.519 bits per heavy atom. The maximum atomic E-state index is 9.75. The molecule has 1 aliphatic carbocycles. The number of rotatable bonds is 16. The van der Waals surface area contributed by atoms with Gasteiger partial charge in [0.25, 0.3) is 0 Å². The van der Waals surface area contributed by atoms with Gasteiger partial charge in [-0.25, -0.2) is 4.58 Å². The maximum Gasteiger partial charge on any atom is 0.673 e. The molecule has 0 fully saturated rings. The lowest BCUT2D eigenvalue weighted by Crippen LogP contribution is -2.21. The molecular formula is C45H59BF4N4. The molecule has 0 atom stereocenters. The molecule has 0 heterocycles. The summed E-state index contributed by atoms with van der Waals surface area (Å²) in [5.41, 5.74) is 12.3. The third kappa shape index (κ3) is 12.7. The smallest absolute Gasteiger partial charge is 0.418 e. The summed E-state index contributed by atoms with van der Waals surface area (Å²) in [6, 6.07) is 27.2. The average molecular weight is 743 g/mol. The van der Waals surface area contributed by atoms with E-state index >= 15 is 0 Å². The van der Waals surface area contributed by atoms with Crippen molar-refractivity contribution in [2.45, 2.75) is 55.4 Å². The van der Waals surface area contributed by atoms with Crippen molar-refractivity contribution in [3.63, 3.8) is 0 Å². The first-order chi connectivity index (χ1) is 25.9. The van der Waals surface area contributed by atoms with Crippen LogP contribution in [0.15, 0.2) is 121 Å². The van der Waals surface area contributed by atoms with E-state index in [2.05, 4.69) is 190 Å². The van der Waals surface area contributed by atoms with E-state index in [9.17, 15) is 17.3 Å². The highest BCUT2D eigenvalue weighted by Crippen LogP contribution is 2.30. The molecule has 1 aliphatic rings. The molecule has 9 heteroatoms. The van der Waals surface area contributed by atoms with Gasteiger partial charge >= 0.3 is 7.25 Å². The molecule has 3 aromatic rings. The van der Waals surface area contributed by atoms with E-state index in [4.69, 9.17) is 0 Å². The summed E-state index contributed by atoms with van der Waals surface area (Å²) in [6.07, 6.45) is 15.9. The van der Waals surface area contributed by atoms with Crippen LogP contribution < -0.4 is 14.7 Å². The highest BCUT2D eigenvalue weighted by Gasteiger charge is 2.20. The molecule has 0 aliphatic heterocycles. The van der Waals surface area contributed by atoms with Gasteiger partial charge in [-0.3, -0.25) is 0 Å². The van der Waals surface area contributed by atoms with Gasteiger partial charge < -0.3 is 32.0 Å². The molecule has 0 aromatic heterocycles. The second-order valence-corrected chi connectivity index (χ2v) is 12.7. The quantitative estimate of drug-likeness (QED) is 0.0628. The molecule has 0 saturated carbocycles. The number of benzene rings is 3. The first-order valence-electron chi connectivity index (χ1n) is 19.5. The molecule has 0 saturated heterocycles. The average Bonchev–Trinajstić information content (AvgIpc) is 3.18. The molecular weight excluding hydrogens is 683 g/mol. The minimum atomic E-state index is -6.00. The van der Waals surface area contributed by atoms with Gasteiger partial charge in [0.2, 0.25) is 0 Å². The monoisotopic (exact) mass is 742 g/mol. The number of allylic oxidation sites excluding steroid dienone is 9. The Labute approximate surface area is 322 Å². The minimum Gasteiger partial charge on any atom is -0.418 e. The molecule has 4 rings (SSSR count). The van der Waals surface area contributed by atoms with Gasteiger partial charge in [0.1, 0.15) is 13.1 Å². The standard InChI is InChI=1S/C45H59N4.BF4/c1-9-46(10-2)40-28-20-36(21-29-40)44(37-22-30-41(31-23-37)47(11-3)12-4)18-17-19-45(38-24-32-42(33-25-38)48(13-5)14-6)39-26-34-43(35-27-39)49(15-7)16-8;2-1(3,4)5/h17-35H,9-16H2,1-8H3;/q+1;-1. The second-order valence-electron chi connectivity index (χ2n) is 12.7. The Hall–Kier alpha value is -4.79. The van der Waals surface area contributed by atoms with Gasteiger partial charge in [-0.15, -0.1) is 0 Å². The molecule has 0 N–H and O–H groups in total. The van der Waals surface area contributed by atoms with E-state index in [1.165, 1.54) is 56.2 Å². The number of anilines is 3. The number of hydrogen-bond acceptors (Lipinski definition) is 3. The van der Waals surface area contributed by atoms with E-state index < -0.39 is 7.25 Å². The zero-order valence-electron chi connectivity index (χ0n) is 33.5. The fourth-order valence-corrected chi connectivity index (χ4v) is 6.72. The van der Waals surface area contributed by atoms with E-state index in [1.807, 2.05) is 0 Å². The van der Waals surface area contributed by atoms with Gasteiger partial charge in [-0.05, 0) is 137 Å². The number of hydrogen-bond donors (Lipinski definition) is 0. The van der Waals surface area contributed by atoms with E-state index in [1.54, 1.807) is 0 Å². The van der Waals surface area contributed by atoms with Crippen molar-refractivity contribution in [2.24, 2.45) is 0 Å². The highest BCUT2D eigenvalue weighted by molar-refractivity contribution is 6.50. The SMILES string of the molecule is CCN(CC)c1ccc(C(=CC=CC(=C2C=CC(=[N+](CC)CC)C=C2)c2ccc(N(CC)CC)cc2)c2ccc(N(CC)CC)cc2)cc1.F[B-](F)(F)F. The first-order valence-corrected chi connectivity index (χ1v) is 19.5. The lowest BCUT2D eigenvalue weighted by atomic mass is 9.94. The molecule has 0 amide bonds. The van der Waals surface area contributed by atoms with Gasteiger partial charge in [0.15, 0.2) is 5.71 Å². The topological polar surface area (TPSA) is 12.7 Å². The van der Waals surface area contributed by atoms with Crippen molar-refractivity contribution < 1.29 is 21.8 Å². The molecule has 54 heavy (non-hydrogen) atoms. The van der Waals surface area contributed by atoms with Crippen LogP contribution in [0.2, 0.25) is 0 Å². The minimum absolute atomic E-state index is 0.999. The van der Waals surface area contributed by atoms with Gasteiger partial charge in [-0.2, -0.15) is 0 Å². The van der Waals surface area contributed by atoms with Crippen molar-refractivity contribution in [3.8, 4) is 0 Å². The van der Waals surface area contributed by atoms with Crippen molar-refractivity contribution in [3.05, 3.63) is 138 Å². The largest absolute Gasteiger partial charge is 0.673 e. The molecule has 4 nitrogen and oxygen atoms in total. The van der Waals surface area contributed by atoms with Crippen molar-refractivity contribution in [1.82, 2.24) is 0 Å². The second kappa shape index (κ2) is 21.8. The number of nitrogens with zero attached hydrogens (tertiary/aromatic N) is 4. The van der Waals surface area contributed by atoms with Gasteiger partial charge in [-0.1, -0.05) is 54.6 Å². The summed E-state index contributed by atoms with van der Waals surface area (Å²) in [6.45, 7) is 25.7. The Balaban J connectivity index is 0.00000147. The van der Waals surface area contributed by atoms with Gasteiger partial charge in [0.05, 0.1) is 0 Å². The Morgan fingerprint density at radius 2 is 0.852 bits per heavy atom. The summed E-state index contributed by atoms with van der Waals surface area (Å²) in [4.78, 5) is 7.18. The van der Waals surface area contributed by atoms with Crippen LogP contribution in [0.5, 0.6) is 0 Å². The lowest BCUT2D eigenvalue weighted by Gasteiger charge is -2.22. The molecule has 0 bridgehead atoms. The van der Waals surface area contributed by atoms with Crippen LogP contribution in [0.3, 0.4) is 0 Å². The van der Waals surface area contributed by atoms with Crippen LogP contribution >= 0.6 is 0 Å². The zero-order chi connectivity index (χ0) is 39.7. The molecule has 0 spiro atoms. The predicted octanol–water partition coefficient (Wildman–Crippen LogP) is 11.6. The highest BCUT2D eigenvalue weighted by atomic mass is 19.5. The summed E-state index contributed by atoms with van der Waals surface area (Å²) in [7, 11) is -6.00. The Kier molecular flexibility index (Phi) is 17.6. The fraction of sp³-hybridized carbons (Fsp3) is 0.356. The molecule has 3 aromatic carbocycles. The Morgan fingerprint density at radius 3 is 1.17 bits per heavy atom. The summed E-state index contributed by atoms with van der Waals surface area (Å²) >= 11 is 0. The van der Waals surface area contributed by atoms with E-state index in [-0.39, 0.29) is 0 Å². The predicted molar refractivity (Wildman–Crippen MR) is 228 cm³/mol. The van der Waals surface area contributed by atoms with Crippen LogP contribution in [-0.2, 0) is 0 Å². The van der Waals surface area contributed by atoms with Crippen LogP contribution in [0.1, 0.15) is 72.1 Å². The molecule has 0 radical (unpaired) electrons. The van der Waals surface area contributed by atoms with Crippen molar-refractivity contribution in [2.75, 3.05) is 67.1 Å². The summed E-state index contributed by atoms with van der Waals surface area (Å²) < 4.78 is 41.4. The van der Waals surface area contributed by atoms with E-state index in [0.717, 1.165) is 52.4 Å². The number of halogens is 4. The normalized spacial score (nSPS) is 12.4.